The number of hydrogen-bond acceptors (Lipinski definition) is 4. The molecule has 1 rings (SSSR count). The van der Waals surface area contributed by atoms with Crippen LogP contribution < -0.4 is 21.3 Å². The van der Waals surface area contributed by atoms with Crippen LogP contribution >= 0.6 is 24.0 Å². The number of carbonyl (C=O) groups excluding carboxylic acids is 2. The monoisotopic (exact) mass is 519 g/mol. The van der Waals surface area contributed by atoms with Crippen molar-refractivity contribution in [3.63, 3.8) is 0 Å². The summed E-state index contributed by atoms with van der Waals surface area (Å²) in [5.41, 5.74) is 1.27. The summed E-state index contributed by atoms with van der Waals surface area (Å²) in [6, 6.07) is 7.58. The minimum absolute atomic E-state index is 0. The van der Waals surface area contributed by atoms with E-state index in [0.29, 0.717) is 31.3 Å². The first-order chi connectivity index (χ1) is 13.2. The number of carbonyl (C=O) groups is 2. The number of hydrogen-bond donors (Lipinski definition) is 4. The van der Waals surface area contributed by atoms with Gasteiger partial charge in [0.25, 0.3) is 0 Å². The van der Waals surface area contributed by atoms with Crippen LogP contribution in [0.4, 0.5) is 10.5 Å². The van der Waals surface area contributed by atoms with Crippen LogP contribution in [0.15, 0.2) is 29.3 Å². The van der Waals surface area contributed by atoms with Crippen LogP contribution in [0.2, 0.25) is 0 Å². The Morgan fingerprint density at radius 1 is 1.00 bits per heavy atom. The van der Waals surface area contributed by atoms with Crippen molar-refractivity contribution in [2.24, 2.45) is 4.99 Å². The van der Waals surface area contributed by atoms with Gasteiger partial charge in [0, 0.05) is 25.3 Å². The molecule has 0 bridgehead atoms. The van der Waals surface area contributed by atoms with E-state index in [4.69, 9.17) is 4.74 Å². The number of amides is 2. The van der Waals surface area contributed by atoms with E-state index in [2.05, 4.69) is 26.3 Å². The normalized spacial score (nSPS) is 11.1. The molecule has 0 aliphatic rings. The first kappa shape index (κ1) is 27.0. The number of anilines is 1. The van der Waals surface area contributed by atoms with Gasteiger partial charge in [0.1, 0.15) is 12.1 Å². The summed E-state index contributed by atoms with van der Waals surface area (Å²) < 4.78 is 5.23. The molecule has 29 heavy (non-hydrogen) atoms. The molecule has 0 aliphatic heterocycles. The summed E-state index contributed by atoms with van der Waals surface area (Å²) in [4.78, 5) is 27.6. The highest BCUT2D eigenvalue weighted by Gasteiger charge is 2.16. The minimum atomic E-state index is -0.529. The van der Waals surface area contributed by atoms with Gasteiger partial charge < -0.3 is 20.7 Å². The van der Waals surface area contributed by atoms with Crippen molar-refractivity contribution in [1.82, 2.24) is 16.0 Å². The molecule has 0 saturated carbocycles. The Balaban J connectivity index is 0.00000784. The van der Waals surface area contributed by atoms with Gasteiger partial charge in [-0.3, -0.25) is 10.1 Å². The Hall–Kier alpha value is -2.04. The van der Waals surface area contributed by atoms with Crippen molar-refractivity contribution in [2.75, 3.05) is 31.5 Å². The summed E-state index contributed by atoms with van der Waals surface area (Å²) in [5, 5.41) is 11.7. The van der Waals surface area contributed by atoms with Gasteiger partial charge >= 0.3 is 6.09 Å². The molecule has 164 valence electrons. The summed E-state index contributed by atoms with van der Waals surface area (Å²) >= 11 is 0. The van der Waals surface area contributed by atoms with E-state index in [1.54, 1.807) is 0 Å². The molecule has 0 unspecified atom stereocenters. The standard InChI is InChI=1S/C20H33N5O3.HI/c1-6-21-17(26)14-24-18(22-7-2)23-13-12-15-8-10-16(11-9-15)25-19(27)28-20(3,4)5;/h8-11H,6-7,12-14H2,1-5H3,(H,21,26)(H,25,27)(H2,22,23,24);1H. The highest BCUT2D eigenvalue weighted by molar-refractivity contribution is 14.0. The average Bonchev–Trinajstić information content (AvgIpc) is 2.60. The molecule has 0 radical (unpaired) electrons. The molecule has 0 aliphatic carbocycles. The second-order valence-electron chi connectivity index (χ2n) is 7.15. The van der Waals surface area contributed by atoms with Crippen molar-refractivity contribution in [1.29, 1.82) is 0 Å². The lowest BCUT2D eigenvalue weighted by Gasteiger charge is -2.19. The second kappa shape index (κ2) is 14.0. The molecule has 8 nitrogen and oxygen atoms in total. The summed E-state index contributed by atoms with van der Waals surface area (Å²) in [6.45, 7) is 11.4. The van der Waals surface area contributed by atoms with Crippen molar-refractivity contribution >= 4 is 47.6 Å². The van der Waals surface area contributed by atoms with E-state index in [1.807, 2.05) is 58.9 Å². The fourth-order valence-electron chi connectivity index (χ4n) is 2.25. The Labute approximate surface area is 190 Å². The number of benzene rings is 1. The molecule has 9 heteroatoms. The lowest BCUT2D eigenvalue weighted by atomic mass is 10.1. The molecule has 1 aromatic rings. The maximum Gasteiger partial charge on any atom is 0.412 e. The predicted molar refractivity (Wildman–Crippen MR) is 128 cm³/mol. The number of aliphatic imine (C=N–C) groups is 1. The zero-order valence-electron chi connectivity index (χ0n) is 17.9. The molecule has 0 fully saturated rings. The largest absolute Gasteiger partial charge is 0.444 e. The van der Waals surface area contributed by atoms with Crippen LogP contribution in [0, 0.1) is 0 Å². The van der Waals surface area contributed by atoms with Crippen LogP contribution in [-0.4, -0.2) is 49.7 Å². The van der Waals surface area contributed by atoms with E-state index < -0.39 is 11.7 Å². The Morgan fingerprint density at radius 3 is 2.17 bits per heavy atom. The molecule has 4 N–H and O–H groups in total. The lowest BCUT2D eigenvalue weighted by molar-refractivity contribution is -0.119. The van der Waals surface area contributed by atoms with Crippen LogP contribution in [0.5, 0.6) is 0 Å². The number of halogens is 1. The molecule has 0 spiro atoms. The van der Waals surface area contributed by atoms with E-state index >= 15 is 0 Å². The topological polar surface area (TPSA) is 104 Å². The molecule has 1 aromatic carbocycles. The molecule has 0 saturated heterocycles. The van der Waals surface area contributed by atoms with Crippen LogP contribution in [0.3, 0.4) is 0 Å². The van der Waals surface area contributed by atoms with E-state index in [1.165, 1.54) is 0 Å². The number of nitrogens with one attached hydrogen (secondary N) is 4. The fraction of sp³-hybridized carbons (Fsp3) is 0.550. The summed E-state index contributed by atoms with van der Waals surface area (Å²) in [7, 11) is 0. The first-order valence-electron chi connectivity index (χ1n) is 9.61. The third-order valence-corrected chi connectivity index (χ3v) is 3.40. The van der Waals surface area contributed by atoms with Crippen LogP contribution in [0.1, 0.15) is 40.2 Å². The highest BCUT2D eigenvalue weighted by Crippen LogP contribution is 2.13. The Morgan fingerprint density at radius 2 is 1.62 bits per heavy atom. The molecular weight excluding hydrogens is 485 g/mol. The van der Waals surface area contributed by atoms with Gasteiger partial charge in [-0.15, -0.1) is 24.0 Å². The van der Waals surface area contributed by atoms with E-state index in [9.17, 15) is 9.59 Å². The molecular formula is C20H34IN5O3. The molecule has 0 heterocycles. The van der Waals surface area contributed by atoms with Crippen molar-refractivity contribution < 1.29 is 14.3 Å². The van der Waals surface area contributed by atoms with E-state index in [0.717, 1.165) is 12.0 Å². The number of rotatable bonds is 8. The first-order valence-corrected chi connectivity index (χ1v) is 9.61. The van der Waals surface area contributed by atoms with Crippen LogP contribution in [0.25, 0.3) is 0 Å². The smallest absolute Gasteiger partial charge is 0.412 e. The van der Waals surface area contributed by atoms with Crippen molar-refractivity contribution in [3.8, 4) is 0 Å². The molecule has 0 atom stereocenters. The zero-order chi connectivity index (χ0) is 21.0. The molecule has 2 amide bonds. The third-order valence-electron chi connectivity index (χ3n) is 3.40. The number of nitrogens with zero attached hydrogens (tertiary/aromatic N) is 1. The van der Waals surface area contributed by atoms with Crippen molar-refractivity contribution in [3.05, 3.63) is 29.8 Å². The highest BCUT2D eigenvalue weighted by atomic mass is 127. The van der Waals surface area contributed by atoms with Crippen LogP contribution in [-0.2, 0) is 16.0 Å². The van der Waals surface area contributed by atoms with E-state index in [-0.39, 0.29) is 36.4 Å². The fourth-order valence-corrected chi connectivity index (χ4v) is 2.25. The zero-order valence-corrected chi connectivity index (χ0v) is 20.3. The van der Waals surface area contributed by atoms with Gasteiger partial charge in [-0.1, -0.05) is 12.1 Å². The third kappa shape index (κ3) is 12.9. The maximum absolute atomic E-state index is 11.8. The lowest BCUT2D eigenvalue weighted by Crippen LogP contribution is -2.39. The molecule has 0 aromatic heterocycles. The second-order valence-corrected chi connectivity index (χ2v) is 7.15. The van der Waals surface area contributed by atoms with Gasteiger partial charge in [0.15, 0.2) is 5.96 Å². The SMILES string of the molecule is CCNC(=O)CN=C(NCC)NCCc1ccc(NC(=O)OC(C)(C)C)cc1.I. The summed E-state index contributed by atoms with van der Waals surface area (Å²) in [6.07, 6.45) is 0.304. The van der Waals surface area contributed by atoms with Gasteiger partial charge in [-0.05, 0) is 58.7 Å². The Bertz CT molecular complexity index is 657. The summed E-state index contributed by atoms with van der Waals surface area (Å²) in [5.74, 6) is 0.504. The van der Waals surface area contributed by atoms with Gasteiger partial charge in [0.2, 0.25) is 5.91 Å². The number of likely N-dealkylation sites (N-methyl/N-ethyl adjacent to an activating group) is 1. The average molecular weight is 519 g/mol. The number of guanidine groups is 1. The maximum atomic E-state index is 11.8. The van der Waals surface area contributed by atoms with Gasteiger partial charge in [-0.2, -0.15) is 0 Å². The predicted octanol–water partition coefficient (Wildman–Crippen LogP) is 2.89. The quantitative estimate of drug-likeness (QED) is 0.240. The van der Waals surface area contributed by atoms with Gasteiger partial charge in [0.05, 0.1) is 0 Å². The minimum Gasteiger partial charge on any atom is -0.444 e. The van der Waals surface area contributed by atoms with Crippen molar-refractivity contribution in [2.45, 2.75) is 46.6 Å². The Kier molecular flexibility index (Phi) is 13.0. The van der Waals surface area contributed by atoms with Gasteiger partial charge in [-0.25, -0.2) is 9.79 Å². The number of ether oxygens (including phenoxy) is 1.